The predicted octanol–water partition coefficient (Wildman–Crippen LogP) is 2.56. The van der Waals surface area contributed by atoms with Crippen molar-refractivity contribution in [1.29, 1.82) is 0 Å². The highest BCUT2D eigenvalue weighted by molar-refractivity contribution is 7.89. The van der Waals surface area contributed by atoms with Gasteiger partial charge in [0.15, 0.2) is 0 Å². The molecule has 132 valence electrons. The van der Waals surface area contributed by atoms with Crippen LogP contribution in [0.5, 0.6) is 5.75 Å². The van der Waals surface area contributed by atoms with Gasteiger partial charge in [0.05, 0.1) is 11.0 Å². The molecule has 2 rings (SSSR count). The van der Waals surface area contributed by atoms with Crippen LogP contribution in [-0.4, -0.2) is 38.5 Å². The third kappa shape index (κ3) is 4.83. The summed E-state index contributed by atoms with van der Waals surface area (Å²) < 4.78 is 32.7. The Kier molecular flexibility index (Phi) is 7.32. The Morgan fingerprint density at radius 1 is 1.30 bits per heavy atom. The maximum Gasteiger partial charge on any atom is 0.243 e. The van der Waals surface area contributed by atoms with E-state index in [1.165, 1.54) is 0 Å². The maximum atomic E-state index is 12.7. The third-order valence-corrected chi connectivity index (χ3v) is 5.95. The number of ether oxygens (including phenoxy) is 1. The molecule has 0 radical (unpaired) electrons. The summed E-state index contributed by atoms with van der Waals surface area (Å²) in [4.78, 5) is 0.340. The van der Waals surface area contributed by atoms with Gasteiger partial charge in [0.1, 0.15) is 5.75 Å². The van der Waals surface area contributed by atoms with E-state index < -0.39 is 10.0 Å². The zero-order chi connectivity index (χ0) is 16.3. The lowest BCUT2D eigenvalue weighted by atomic mass is 9.99. The first-order valence-corrected chi connectivity index (χ1v) is 9.26. The van der Waals surface area contributed by atoms with Crippen LogP contribution in [0, 0.1) is 12.8 Å². The van der Waals surface area contributed by atoms with Crippen LogP contribution in [-0.2, 0) is 10.0 Å². The highest BCUT2D eigenvalue weighted by atomic mass is 35.5. The van der Waals surface area contributed by atoms with Crippen molar-refractivity contribution < 1.29 is 13.2 Å². The molecule has 0 aromatic heterocycles. The minimum Gasteiger partial charge on any atom is -0.491 e. The second kappa shape index (κ2) is 8.33. The van der Waals surface area contributed by atoms with E-state index >= 15 is 0 Å². The molecule has 0 atom stereocenters. The van der Waals surface area contributed by atoms with Gasteiger partial charge >= 0.3 is 0 Å². The van der Waals surface area contributed by atoms with Gasteiger partial charge in [0, 0.05) is 13.1 Å². The molecule has 2 N–H and O–H groups in total. The van der Waals surface area contributed by atoms with Crippen molar-refractivity contribution in [3.05, 3.63) is 23.8 Å². The van der Waals surface area contributed by atoms with Crippen LogP contribution in [0.15, 0.2) is 23.1 Å². The fourth-order valence-corrected chi connectivity index (χ4v) is 4.26. The quantitative estimate of drug-likeness (QED) is 0.873. The van der Waals surface area contributed by atoms with Crippen molar-refractivity contribution >= 4 is 22.4 Å². The maximum absolute atomic E-state index is 12.7. The first-order chi connectivity index (χ1) is 10.3. The number of sulfonamides is 1. The van der Waals surface area contributed by atoms with E-state index in [9.17, 15) is 8.42 Å². The number of rotatable bonds is 5. The van der Waals surface area contributed by atoms with Gasteiger partial charge in [-0.05, 0) is 69.8 Å². The lowest BCUT2D eigenvalue weighted by Crippen LogP contribution is -2.40. The van der Waals surface area contributed by atoms with Gasteiger partial charge in [-0.25, -0.2) is 8.42 Å². The molecule has 0 unspecified atom stereocenters. The van der Waals surface area contributed by atoms with Gasteiger partial charge in [-0.15, -0.1) is 12.4 Å². The van der Waals surface area contributed by atoms with Gasteiger partial charge in [0.25, 0.3) is 0 Å². The number of hydrogen-bond acceptors (Lipinski definition) is 4. The average Bonchev–Trinajstić information content (AvgIpc) is 2.49. The van der Waals surface area contributed by atoms with Crippen LogP contribution in [0.1, 0.15) is 32.3 Å². The van der Waals surface area contributed by atoms with Crippen LogP contribution >= 0.6 is 12.4 Å². The Morgan fingerprint density at radius 3 is 2.39 bits per heavy atom. The first kappa shape index (κ1) is 20.2. The summed E-state index contributed by atoms with van der Waals surface area (Å²) in [6, 6.07) is 5.08. The third-order valence-electron chi connectivity index (χ3n) is 4.05. The van der Waals surface area contributed by atoms with Gasteiger partial charge in [-0.1, -0.05) is 0 Å². The predicted molar refractivity (Wildman–Crippen MR) is 94.7 cm³/mol. The van der Waals surface area contributed by atoms with Crippen LogP contribution in [0.2, 0.25) is 0 Å². The molecule has 1 aromatic carbocycles. The molecule has 1 aliphatic rings. The largest absolute Gasteiger partial charge is 0.491 e. The molecular formula is C16H27ClN2O3S. The fourth-order valence-electron chi connectivity index (χ4n) is 2.70. The molecule has 1 fully saturated rings. The lowest BCUT2D eigenvalue weighted by molar-refractivity contribution is 0.240. The number of halogens is 1. The number of nitrogens with two attached hydrogens (primary N) is 1. The molecule has 1 aromatic rings. The minimum atomic E-state index is -3.42. The summed E-state index contributed by atoms with van der Waals surface area (Å²) in [5.74, 6) is 1.17. The Labute approximate surface area is 145 Å². The number of aryl methyl sites for hydroxylation is 1. The molecule has 0 amide bonds. The summed E-state index contributed by atoms with van der Waals surface area (Å²) >= 11 is 0. The molecule has 1 aliphatic heterocycles. The monoisotopic (exact) mass is 362 g/mol. The molecule has 1 saturated heterocycles. The zero-order valence-corrected chi connectivity index (χ0v) is 15.6. The van der Waals surface area contributed by atoms with Crippen LogP contribution in [0.3, 0.4) is 0 Å². The van der Waals surface area contributed by atoms with E-state index in [-0.39, 0.29) is 18.5 Å². The van der Waals surface area contributed by atoms with Crippen molar-refractivity contribution in [2.45, 2.75) is 44.6 Å². The van der Waals surface area contributed by atoms with Crippen molar-refractivity contribution in [3.8, 4) is 5.75 Å². The minimum absolute atomic E-state index is 0. The second-order valence-corrected chi connectivity index (χ2v) is 8.12. The molecule has 1 heterocycles. The topological polar surface area (TPSA) is 72.6 Å². The van der Waals surface area contributed by atoms with Gasteiger partial charge < -0.3 is 10.5 Å². The normalized spacial score (nSPS) is 17.1. The van der Waals surface area contributed by atoms with E-state index in [1.807, 2.05) is 20.8 Å². The van der Waals surface area contributed by atoms with E-state index in [0.717, 1.165) is 24.2 Å². The number of nitrogens with zero attached hydrogens (tertiary/aromatic N) is 1. The Bertz CT molecular complexity index is 612. The highest BCUT2D eigenvalue weighted by Gasteiger charge is 2.29. The summed E-state index contributed by atoms with van der Waals surface area (Å²) in [6.45, 7) is 7.50. The number of benzene rings is 1. The fraction of sp³-hybridized carbons (Fsp3) is 0.625. The lowest BCUT2D eigenvalue weighted by Gasteiger charge is -2.30. The molecule has 5 nitrogen and oxygen atoms in total. The number of piperidine rings is 1. The summed E-state index contributed by atoms with van der Waals surface area (Å²) in [6.07, 6.45) is 1.74. The summed E-state index contributed by atoms with van der Waals surface area (Å²) in [5.41, 5.74) is 6.50. The van der Waals surface area contributed by atoms with Crippen molar-refractivity contribution in [1.82, 2.24) is 4.31 Å². The Hall–Kier alpha value is -0.820. The highest BCUT2D eigenvalue weighted by Crippen LogP contribution is 2.27. The molecule has 0 saturated carbocycles. The SMILES string of the molecule is Cc1cc(S(=O)(=O)N2CCC(CN)CC2)ccc1OC(C)C.Cl. The molecule has 23 heavy (non-hydrogen) atoms. The van der Waals surface area contributed by atoms with Crippen molar-refractivity contribution in [2.75, 3.05) is 19.6 Å². The van der Waals surface area contributed by atoms with Crippen LogP contribution in [0.4, 0.5) is 0 Å². The molecule has 0 bridgehead atoms. The molecule has 7 heteroatoms. The van der Waals surface area contributed by atoms with Crippen LogP contribution in [0.25, 0.3) is 0 Å². The van der Waals surface area contributed by atoms with Gasteiger partial charge in [-0.3, -0.25) is 0 Å². The smallest absolute Gasteiger partial charge is 0.243 e. The van der Waals surface area contributed by atoms with E-state index in [2.05, 4.69) is 0 Å². The number of hydrogen-bond donors (Lipinski definition) is 1. The zero-order valence-electron chi connectivity index (χ0n) is 14.0. The molecular weight excluding hydrogens is 336 g/mol. The molecule has 0 aliphatic carbocycles. The summed E-state index contributed by atoms with van der Waals surface area (Å²) in [5, 5.41) is 0. The van der Waals surface area contributed by atoms with Gasteiger partial charge in [0.2, 0.25) is 10.0 Å². The van der Waals surface area contributed by atoms with Crippen molar-refractivity contribution in [3.63, 3.8) is 0 Å². The molecule has 0 spiro atoms. The van der Waals surface area contributed by atoms with Gasteiger partial charge in [-0.2, -0.15) is 4.31 Å². The Balaban J connectivity index is 0.00000264. The Morgan fingerprint density at radius 2 is 1.91 bits per heavy atom. The second-order valence-electron chi connectivity index (χ2n) is 6.18. The van der Waals surface area contributed by atoms with Crippen LogP contribution < -0.4 is 10.5 Å². The summed E-state index contributed by atoms with van der Waals surface area (Å²) in [7, 11) is -3.42. The van der Waals surface area contributed by atoms with E-state index in [4.69, 9.17) is 10.5 Å². The van der Waals surface area contributed by atoms with E-state index in [1.54, 1.807) is 22.5 Å². The average molecular weight is 363 g/mol. The van der Waals surface area contributed by atoms with E-state index in [0.29, 0.717) is 30.4 Å². The van der Waals surface area contributed by atoms with Crippen molar-refractivity contribution in [2.24, 2.45) is 11.7 Å². The standard InChI is InChI=1S/C16H26N2O3S.ClH/c1-12(2)21-16-5-4-15(10-13(16)3)22(19,20)18-8-6-14(11-17)7-9-18;/h4-5,10,12,14H,6-9,11,17H2,1-3H3;1H. The first-order valence-electron chi connectivity index (χ1n) is 7.82.